The van der Waals surface area contributed by atoms with Gasteiger partial charge in [0.05, 0.1) is 8.04 Å². The van der Waals surface area contributed by atoms with E-state index in [1.165, 1.54) is 0 Å². The summed E-state index contributed by atoms with van der Waals surface area (Å²) in [4.78, 5) is 17.1. The molecule has 5 nitrogen and oxygen atoms in total. The van der Waals surface area contributed by atoms with E-state index in [0.717, 1.165) is 48.2 Å². The minimum Gasteiger partial charge on any atom is -0.487 e. The summed E-state index contributed by atoms with van der Waals surface area (Å²) in [5.74, 6) is 0.495. The first kappa shape index (κ1) is 25.7. The molecule has 0 radical (unpaired) electrons. The summed E-state index contributed by atoms with van der Waals surface area (Å²) in [5, 5.41) is 9.72. The lowest BCUT2D eigenvalue weighted by molar-refractivity contribution is -0.126. The maximum Gasteiger partial charge on any atom is 0.264 e. The number of carbonyl (C=O) groups excluding carboxylic acids is 1. The van der Waals surface area contributed by atoms with Crippen molar-refractivity contribution in [2.24, 2.45) is 0 Å². The van der Waals surface area contributed by atoms with Gasteiger partial charge in [-0.15, -0.1) is 0 Å². The van der Waals surface area contributed by atoms with Crippen LogP contribution >= 0.6 is 54.5 Å². The number of carbonyl (C=O) groups is 1. The van der Waals surface area contributed by atoms with Gasteiger partial charge in [-0.1, -0.05) is 46.3 Å². The predicted octanol–water partition coefficient (Wildman–Crippen LogP) is 6.65. The van der Waals surface area contributed by atoms with Crippen molar-refractivity contribution in [1.29, 1.82) is 5.26 Å². The molecule has 178 valence electrons. The lowest BCUT2D eigenvalue weighted by atomic mass is 10.1. The normalized spacial score (nSPS) is 13.9. The van der Waals surface area contributed by atoms with Crippen molar-refractivity contribution in [2.75, 3.05) is 31.1 Å². The zero-order valence-corrected chi connectivity index (χ0v) is 24.1. The molecule has 3 aromatic carbocycles. The van der Waals surface area contributed by atoms with Crippen LogP contribution < -0.4 is 9.64 Å². The number of rotatable bonds is 6. The Morgan fingerprint density at radius 1 is 1.03 bits per heavy atom. The number of nitriles is 1. The van der Waals surface area contributed by atoms with Crippen molar-refractivity contribution in [3.8, 4) is 11.8 Å². The van der Waals surface area contributed by atoms with Gasteiger partial charge in [0.1, 0.15) is 24.0 Å². The number of benzene rings is 3. The van der Waals surface area contributed by atoms with Crippen LogP contribution in [-0.4, -0.2) is 37.0 Å². The van der Waals surface area contributed by atoms with Crippen LogP contribution in [0.4, 0.5) is 5.69 Å². The van der Waals surface area contributed by atoms with Crippen LogP contribution in [0.1, 0.15) is 11.1 Å². The zero-order valence-electron chi connectivity index (χ0n) is 18.8. The Morgan fingerprint density at radius 3 is 2.34 bits per heavy atom. The number of amides is 1. The molecular weight excluding hydrogens is 685 g/mol. The molecule has 35 heavy (non-hydrogen) atoms. The molecular formula is C27H22Br2IN3O2. The van der Waals surface area contributed by atoms with E-state index in [0.29, 0.717) is 19.7 Å². The highest BCUT2D eigenvalue weighted by molar-refractivity contribution is 14.1. The molecule has 8 heteroatoms. The third-order valence-electron chi connectivity index (χ3n) is 5.67. The quantitative estimate of drug-likeness (QED) is 0.164. The molecule has 0 bridgehead atoms. The molecule has 0 spiro atoms. The number of hydrogen-bond donors (Lipinski definition) is 0. The van der Waals surface area contributed by atoms with Crippen LogP contribution in [0.3, 0.4) is 0 Å². The monoisotopic (exact) mass is 705 g/mol. The fourth-order valence-corrected chi connectivity index (χ4v) is 5.86. The molecule has 1 fully saturated rings. The summed E-state index contributed by atoms with van der Waals surface area (Å²) in [6.45, 7) is 3.08. The van der Waals surface area contributed by atoms with E-state index in [2.05, 4.69) is 77.6 Å². The first-order valence-corrected chi connectivity index (χ1v) is 13.7. The van der Waals surface area contributed by atoms with Crippen molar-refractivity contribution in [3.05, 3.63) is 95.9 Å². The fraction of sp³-hybridized carbons (Fsp3) is 0.185. The molecule has 0 aliphatic carbocycles. The second kappa shape index (κ2) is 12.1. The minimum atomic E-state index is -0.234. The second-order valence-corrected chi connectivity index (χ2v) is 10.9. The largest absolute Gasteiger partial charge is 0.487 e. The zero-order chi connectivity index (χ0) is 24.8. The van der Waals surface area contributed by atoms with E-state index in [1.807, 2.05) is 54.6 Å². The molecule has 0 aromatic heterocycles. The summed E-state index contributed by atoms with van der Waals surface area (Å²) < 4.78 is 8.72. The van der Waals surface area contributed by atoms with Gasteiger partial charge >= 0.3 is 0 Å². The summed E-state index contributed by atoms with van der Waals surface area (Å²) in [6.07, 6.45) is 1.65. The number of halogens is 3. The minimum absolute atomic E-state index is 0.129. The average Bonchev–Trinajstić information content (AvgIpc) is 2.88. The van der Waals surface area contributed by atoms with Crippen molar-refractivity contribution >= 4 is 72.1 Å². The Hall–Kier alpha value is -2.35. The van der Waals surface area contributed by atoms with Crippen LogP contribution in [0.2, 0.25) is 0 Å². The molecule has 1 aliphatic heterocycles. The highest BCUT2D eigenvalue weighted by atomic mass is 127. The van der Waals surface area contributed by atoms with E-state index in [1.54, 1.807) is 11.0 Å². The van der Waals surface area contributed by atoms with E-state index < -0.39 is 0 Å². The van der Waals surface area contributed by atoms with Crippen LogP contribution in [0.25, 0.3) is 6.08 Å². The maximum atomic E-state index is 13.1. The average molecular weight is 707 g/mol. The summed E-state index contributed by atoms with van der Waals surface area (Å²) in [5.41, 5.74) is 3.11. The van der Waals surface area contributed by atoms with Crippen molar-refractivity contribution in [2.45, 2.75) is 6.61 Å². The van der Waals surface area contributed by atoms with Crippen molar-refractivity contribution in [3.63, 3.8) is 0 Å². The SMILES string of the molecule is N#C/C(=C/c1cc(Br)c(OCc2ccc(Br)cc2)c(I)c1)C(=O)N1CCN(c2ccccc2)CC1. The number of hydrogen-bond acceptors (Lipinski definition) is 4. The molecule has 1 heterocycles. The van der Waals surface area contributed by atoms with Gasteiger partial charge in [0, 0.05) is 36.3 Å². The first-order chi connectivity index (χ1) is 16.9. The van der Waals surface area contributed by atoms with E-state index in [9.17, 15) is 10.1 Å². The van der Waals surface area contributed by atoms with E-state index in [4.69, 9.17) is 4.74 Å². The van der Waals surface area contributed by atoms with Gasteiger partial charge in [0.15, 0.2) is 0 Å². The van der Waals surface area contributed by atoms with Gasteiger partial charge in [-0.25, -0.2) is 0 Å². The highest BCUT2D eigenvalue weighted by Crippen LogP contribution is 2.33. The Morgan fingerprint density at radius 2 is 1.71 bits per heavy atom. The number of anilines is 1. The Balaban J connectivity index is 1.43. The Bertz CT molecular complexity index is 1240. The highest BCUT2D eigenvalue weighted by Gasteiger charge is 2.24. The smallest absolute Gasteiger partial charge is 0.264 e. The Kier molecular flexibility index (Phi) is 8.87. The molecule has 1 aliphatic rings. The van der Waals surface area contributed by atoms with Gasteiger partial charge in [0.25, 0.3) is 5.91 Å². The molecule has 0 N–H and O–H groups in total. The summed E-state index contributed by atoms with van der Waals surface area (Å²) in [7, 11) is 0. The van der Waals surface area contributed by atoms with Crippen molar-refractivity contribution in [1.82, 2.24) is 4.90 Å². The van der Waals surface area contributed by atoms with Crippen LogP contribution in [0, 0.1) is 14.9 Å². The number of piperazine rings is 1. The van der Waals surface area contributed by atoms with Gasteiger partial charge in [-0.05, 0) is 92.1 Å². The molecule has 4 rings (SSSR count). The number of para-hydroxylation sites is 1. The standard InChI is InChI=1S/C27H22Br2IN3O2/c28-22-8-6-19(7-9-22)18-35-26-24(29)15-20(16-25(26)30)14-21(17-31)27(34)33-12-10-32(11-13-33)23-4-2-1-3-5-23/h1-9,14-16H,10-13,18H2/b21-14-. The van der Waals surface area contributed by atoms with E-state index in [-0.39, 0.29) is 11.5 Å². The fourth-order valence-electron chi connectivity index (χ4n) is 3.82. The molecule has 1 amide bonds. The first-order valence-electron chi connectivity index (χ1n) is 11.0. The number of nitrogens with zero attached hydrogens (tertiary/aromatic N) is 3. The lowest BCUT2D eigenvalue weighted by Gasteiger charge is -2.36. The summed E-state index contributed by atoms with van der Waals surface area (Å²) in [6, 6.07) is 24.0. The van der Waals surface area contributed by atoms with Crippen LogP contribution in [-0.2, 0) is 11.4 Å². The van der Waals surface area contributed by atoms with Gasteiger partial charge in [0.2, 0.25) is 0 Å². The maximum absolute atomic E-state index is 13.1. The number of ether oxygens (including phenoxy) is 1. The van der Waals surface area contributed by atoms with Gasteiger partial charge in [-0.3, -0.25) is 4.79 Å². The van der Waals surface area contributed by atoms with Gasteiger partial charge in [-0.2, -0.15) is 5.26 Å². The molecule has 1 saturated heterocycles. The Labute approximate surface area is 235 Å². The van der Waals surface area contributed by atoms with Gasteiger partial charge < -0.3 is 14.5 Å². The van der Waals surface area contributed by atoms with Crippen molar-refractivity contribution < 1.29 is 9.53 Å². The lowest BCUT2D eigenvalue weighted by Crippen LogP contribution is -2.49. The van der Waals surface area contributed by atoms with E-state index >= 15 is 0 Å². The summed E-state index contributed by atoms with van der Waals surface area (Å²) >= 11 is 9.24. The molecule has 0 saturated carbocycles. The van der Waals surface area contributed by atoms with Crippen LogP contribution in [0.5, 0.6) is 5.75 Å². The third kappa shape index (κ3) is 6.66. The van der Waals surface area contributed by atoms with Crippen LogP contribution in [0.15, 0.2) is 81.2 Å². The molecule has 0 unspecified atom stereocenters. The predicted molar refractivity (Wildman–Crippen MR) is 154 cm³/mol. The molecule has 3 aromatic rings. The third-order valence-corrected chi connectivity index (χ3v) is 7.59. The topological polar surface area (TPSA) is 56.6 Å². The second-order valence-electron chi connectivity index (χ2n) is 8.01. The molecule has 0 atom stereocenters.